The zero-order valence-corrected chi connectivity index (χ0v) is 14.6. The van der Waals surface area contributed by atoms with Crippen molar-refractivity contribution < 1.29 is 4.79 Å². The van der Waals surface area contributed by atoms with Crippen LogP contribution >= 0.6 is 23.2 Å². The van der Waals surface area contributed by atoms with Crippen LogP contribution in [0, 0.1) is 0 Å². The van der Waals surface area contributed by atoms with E-state index in [1.165, 1.54) is 17.9 Å². The van der Waals surface area contributed by atoms with Crippen LogP contribution in [0.25, 0.3) is 0 Å². The molecule has 1 aromatic heterocycles. The molecule has 1 aromatic carbocycles. The van der Waals surface area contributed by atoms with Crippen LogP contribution in [0.5, 0.6) is 0 Å². The van der Waals surface area contributed by atoms with Gasteiger partial charge in [-0.1, -0.05) is 35.3 Å². The maximum atomic E-state index is 12.4. The van der Waals surface area contributed by atoms with E-state index in [4.69, 9.17) is 23.2 Å². The molecule has 1 aliphatic heterocycles. The van der Waals surface area contributed by atoms with Gasteiger partial charge in [-0.25, -0.2) is 4.68 Å². The van der Waals surface area contributed by atoms with Gasteiger partial charge < -0.3 is 9.80 Å². The highest BCUT2D eigenvalue weighted by Crippen LogP contribution is 2.23. The predicted octanol–water partition coefficient (Wildman–Crippen LogP) is 1.94. The standard InChI is InChI=1S/C16H16Cl2N4O2/c1-20-16(24)15(18)13(8-19-20)21-6-7-22(14(23)10-21)9-11-2-4-12(17)5-3-11/h2-5,8H,6-7,9-10H2,1H3. The number of carbonyl (C=O) groups is 1. The van der Waals surface area contributed by atoms with Gasteiger partial charge in [0.2, 0.25) is 5.91 Å². The molecular formula is C16H16Cl2N4O2. The lowest BCUT2D eigenvalue weighted by molar-refractivity contribution is -0.131. The molecule has 0 N–H and O–H groups in total. The van der Waals surface area contributed by atoms with Gasteiger partial charge in [0.25, 0.3) is 5.56 Å². The lowest BCUT2D eigenvalue weighted by Crippen LogP contribution is -2.50. The molecule has 1 fully saturated rings. The fourth-order valence-corrected chi connectivity index (χ4v) is 3.03. The monoisotopic (exact) mass is 366 g/mol. The number of hydrogen-bond acceptors (Lipinski definition) is 4. The topological polar surface area (TPSA) is 58.4 Å². The number of anilines is 1. The molecule has 0 spiro atoms. The minimum absolute atomic E-state index is 0.0204. The summed E-state index contributed by atoms with van der Waals surface area (Å²) in [5.41, 5.74) is 1.15. The first kappa shape index (κ1) is 16.8. The second-order valence-corrected chi connectivity index (χ2v) is 6.45. The minimum atomic E-state index is -0.370. The van der Waals surface area contributed by atoms with Crippen LogP contribution in [-0.2, 0) is 18.4 Å². The summed E-state index contributed by atoms with van der Waals surface area (Å²) in [7, 11) is 1.53. The van der Waals surface area contributed by atoms with E-state index in [1.54, 1.807) is 9.80 Å². The van der Waals surface area contributed by atoms with Gasteiger partial charge in [-0.3, -0.25) is 9.59 Å². The van der Waals surface area contributed by atoms with Gasteiger partial charge in [-0.2, -0.15) is 5.10 Å². The quantitative estimate of drug-likeness (QED) is 0.832. The van der Waals surface area contributed by atoms with Crippen molar-refractivity contribution >= 4 is 34.8 Å². The Bertz CT molecular complexity index is 820. The molecule has 0 saturated carbocycles. The molecule has 0 atom stereocenters. The van der Waals surface area contributed by atoms with Crippen LogP contribution in [0.1, 0.15) is 5.56 Å². The summed E-state index contributed by atoms with van der Waals surface area (Å²) in [6, 6.07) is 7.43. The highest BCUT2D eigenvalue weighted by molar-refractivity contribution is 6.33. The predicted molar refractivity (Wildman–Crippen MR) is 93.6 cm³/mol. The second kappa shape index (κ2) is 6.83. The Labute approximate surface area is 149 Å². The zero-order valence-electron chi connectivity index (χ0n) is 13.1. The molecule has 0 aliphatic carbocycles. The number of halogens is 2. The van der Waals surface area contributed by atoms with Crippen molar-refractivity contribution in [2.24, 2.45) is 7.05 Å². The van der Waals surface area contributed by atoms with E-state index in [-0.39, 0.29) is 23.0 Å². The van der Waals surface area contributed by atoms with E-state index < -0.39 is 0 Å². The number of piperazine rings is 1. The van der Waals surface area contributed by atoms with Gasteiger partial charge in [0, 0.05) is 31.7 Å². The maximum Gasteiger partial charge on any atom is 0.287 e. The molecule has 126 valence electrons. The molecule has 1 saturated heterocycles. The van der Waals surface area contributed by atoms with Crippen LogP contribution < -0.4 is 10.5 Å². The van der Waals surface area contributed by atoms with Crippen LogP contribution in [0.2, 0.25) is 10.0 Å². The fraction of sp³-hybridized carbons (Fsp3) is 0.312. The third kappa shape index (κ3) is 3.39. The minimum Gasteiger partial charge on any atom is -0.358 e. The van der Waals surface area contributed by atoms with Gasteiger partial charge in [-0.15, -0.1) is 0 Å². The fourth-order valence-electron chi connectivity index (χ4n) is 2.61. The lowest BCUT2D eigenvalue weighted by atomic mass is 10.2. The Kier molecular flexibility index (Phi) is 4.78. The first-order chi connectivity index (χ1) is 11.5. The number of hydrogen-bond donors (Lipinski definition) is 0. The first-order valence-electron chi connectivity index (χ1n) is 7.44. The number of nitrogens with zero attached hydrogens (tertiary/aromatic N) is 4. The summed E-state index contributed by atoms with van der Waals surface area (Å²) in [6.07, 6.45) is 1.52. The van der Waals surface area contributed by atoms with Crippen molar-refractivity contribution in [3.63, 3.8) is 0 Å². The Morgan fingerprint density at radius 1 is 1.12 bits per heavy atom. The number of amides is 1. The van der Waals surface area contributed by atoms with Gasteiger partial charge in [0.15, 0.2) is 0 Å². The normalized spacial score (nSPS) is 15.0. The van der Waals surface area contributed by atoms with Crippen molar-refractivity contribution in [2.75, 3.05) is 24.5 Å². The van der Waals surface area contributed by atoms with Gasteiger partial charge >= 0.3 is 0 Å². The van der Waals surface area contributed by atoms with E-state index in [0.717, 1.165) is 5.56 Å². The summed E-state index contributed by atoms with van der Waals surface area (Å²) >= 11 is 12.0. The molecule has 24 heavy (non-hydrogen) atoms. The molecule has 2 aromatic rings. The Morgan fingerprint density at radius 2 is 1.83 bits per heavy atom. The lowest BCUT2D eigenvalue weighted by Gasteiger charge is -2.35. The molecule has 0 unspecified atom stereocenters. The molecule has 2 heterocycles. The van der Waals surface area contributed by atoms with Crippen LogP contribution in [0.15, 0.2) is 35.3 Å². The van der Waals surface area contributed by atoms with Gasteiger partial charge in [0.05, 0.1) is 18.4 Å². The molecule has 0 bridgehead atoms. The van der Waals surface area contributed by atoms with E-state index in [2.05, 4.69) is 5.10 Å². The average Bonchev–Trinajstić information content (AvgIpc) is 2.57. The number of carbonyl (C=O) groups excluding carboxylic acids is 1. The molecule has 8 heteroatoms. The second-order valence-electron chi connectivity index (χ2n) is 5.64. The van der Waals surface area contributed by atoms with Crippen LogP contribution in [-0.4, -0.2) is 40.2 Å². The van der Waals surface area contributed by atoms with E-state index >= 15 is 0 Å². The first-order valence-corrected chi connectivity index (χ1v) is 8.20. The summed E-state index contributed by atoms with van der Waals surface area (Å²) in [5, 5.41) is 4.73. The number of rotatable bonds is 3. The molecule has 1 amide bonds. The number of aryl methyl sites for hydroxylation is 1. The van der Waals surface area contributed by atoms with Crippen LogP contribution in [0.3, 0.4) is 0 Å². The third-order valence-electron chi connectivity index (χ3n) is 4.01. The molecular weight excluding hydrogens is 351 g/mol. The largest absolute Gasteiger partial charge is 0.358 e. The highest BCUT2D eigenvalue weighted by Gasteiger charge is 2.26. The molecule has 1 aliphatic rings. The van der Waals surface area contributed by atoms with Crippen molar-refractivity contribution in [3.05, 3.63) is 56.4 Å². The van der Waals surface area contributed by atoms with Crippen molar-refractivity contribution in [3.8, 4) is 0 Å². The van der Waals surface area contributed by atoms with Gasteiger partial charge in [-0.05, 0) is 17.7 Å². The highest BCUT2D eigenvalue weighted by atomic mass is 35.5. The molecule has 3 rings (SSSR count). The van der Waals surface area contributed by atoms with E-state index in [0.29, 0.717) is 30.3 Å². The van der Waals surface area contributed by atoms with Crippen molar-refractivity contribution in [1.29, 1.82) is 0 Å². The smallest absolute Gasteiger partial charge is 0.287 e. The van der Waals surface area contributed by atoms with E-state index in [1.807, 2.05) is 24.3 Å². The summed E-state index contributed by atoms with van der Waals surface area (Å²) in [5.74, 6) is -0.0204. The Hall–Kier alpha value is -2.05. The Morgan fingerprint density at radius 3 is 2.50 bits per heavy atom. The van der Waals surface area contributed by atoms with E-state index in [9.17, 15) is 9.59 Å². The summed E-state index contributed by atoms with van der Waals surface area (Å²) in [6.45, 7) is 1.84. The van der Waals surface area contributed by atoms with Crippen LogP contribution in [0.4, 0.5) is 5.69 Å². The maximum absolute atomic E-state index is 12.4. The number of benzene rings is 1. The Balaban J connectivity index is 1.71. The van der Waals surface area contributed by atoms with Crippen molar-refractivity contribution in [1.82, 2.24) is 14.7 Å². The summed E-state index contributed by atoms with van der Waals surface area (Å²) in [4.78, 5) is 27.9. The molecule has 0 radical (unpaired) electrons. The van der Waals surface area contributed by atoms with Crippen molar-refractivity contribution in [2.45, 2.75) is 6.54 Å². The average molecular weight is 367 g/mol. The third-order valence-corrected chi connectivity index (χ3v) is 4.61. The number of aromatic nitrogens is 2. The molecule has 6 nitrogen and oxygen atoms in total. The summed E-state index contributed by atoms with van der Waals surface area (Å²) < 4.78 is 1.17. The van der Waals surface area contributed by atoms with Gasteiger partial charge in [0.1, 0.15) is 5.02 Å². The SMILES string of the molecule is Cn1ncc(N2CCN(Cc3ccc(Cl)cc3)C(=O)C2)c(Cl)c1=O. The zero-order chi connectivity index (χ0) is 17.3.